The van der Waals surface area contributed by atoms with Gasteiger partial charge in [-0.1, -0.05) is 29.8 Å². The van der Waals surface area contributed by atoms with Crippen LogP contribution in [-0.4, -0.2) is 22.5 Å². The molecule has 0 spiro atoms. The van der Waals surface area contributed by atoms with Crippen molar-refractivity contribution in [1.82, 2.24) is 0 Å². The molecule has 0 aromatic heterocycles. The lowest BCUT2D eigenvalue weighted by Crippen LogP contribution is -2.19. The van der Waals surface area contributed by atoms with Crippen LogP contribution in [0.5, 0.6) is 17.2 Å². The van der Waals surface area contributed by atoms with Crippen molar-refractivity contribution in [2.24, 2.45) is 0 Å². The van der Waals surface area contributed by atoms with E-state index in [2.05, 4.69) is 0 Å². The molecule has 0 aliphatic heterocycles. The fourth-order valence-electron chi connectivity index (χ4n) is 1.75. The van der Waals surface area contributed by atoms with Gasteiger partial charge in [0.05, 0.1) is 5.02 Å². The molecule has 2 rings (SSSR count). The first-order chi connectivity index (χ1) is 9.97. The van der Waals surface area contributed by atoms with E-state index in [1.165, 1.54) is 12.1 Å². The van der Waals surface area contributed by atoms with Gasteiger partial charge in [-0.05, 0) is 12.1 Å². The SMILES string of the molecule is CC(Oc1ccccc1)Oc1cc(O)c(C(=O)O)c(Cl)c1. The van der Waals surface area contributed by atoms with Gasteiger partial charge in [0.15, 0.2) is 0 Å². The highest BCUT2D eigenvalue weighted by Crippen LogP contribution is 2.32. The highest BCUT2D eigenvalue weighted by Gasteiger charge is 2.17. The summed E-state index contributed by atoms with van der Waals surface area (Å²) in [5.41, 5.74) is -0.361. The van der Waals surface area contributed by atoms with E-state index < -0.39 is 18.0 Å². The summed E-state index contributed by atoms with van der Waals surface area (Å²) in [5, 5.41) is 18.5. The molecule has 1 atom stereocenters. The van der Waals surface area contributed by atoms with Crippen LogP contribution in [0, 0.1) is 0 Å². The Balaban J connectivity index is 2.11. The van der Waals surface area contributed by atoms with Crippen molar-refractivity contribution >= 4 is 17.6 Å². The molecule has 0 fully saturated rings. The normalized spacial score (nSPS) is 11.7. The molecule has 2 aromatic rings. The Labute approximate surface area is 126 Å². The van der Waals surface area contributed by atoms with E-state index in [4.69, 9.17) is 26.2 Å². The second-order valence-electron chi connectivity index (χ2n) is 4.22. The van der Waals surface area contributed by atoms with Gasteiger partial charge >= 0.3 is 5.97 Å². The first-order valence-electron chi connectivity index (χ1n) is 6.11. The molecule has 0 radical (unpaired) electrons. The summed E-state index contributed by atoms with van der Waals surface area (Å²) in [6.45, 7) is 1.67. The van der Waals surface area contributed by atoms with E-state index in [9.17, 15) is 9.90 Å². The zero-order chi connectivity index (χ0) is 15.4. The predicted octanol–water partition coefficient (Wildman–Crippen LogP) is 3.55. The van der Waals surface area contributed by atoms with Gasteiger partial charge < -0.3 is 19.7 Å². The Bertz CT molecular complexity index is 619. The minimum atomic E-state index is -1.31. The van der Waals surface area contributed by atoms with Crippen LogP contribution in [0.15, 0.2) is 42.5 Å². The zero-order valence-corrected chi connectivity index (χ0v) is 11.9. The highest BCUT2D eigenvalue weighted by molar-refractivity contribution is 6.34. The van der Waals surface area contributed by atoms with Crippen molar-refractivity contribution in [1.29, 1.82) is 0 Å². The number of hydrogen-bond donors (Lipinski definition) is 2. The van der Waals surface area contributed by atoms with Crippen LogP contribution < -0.4 is 9.47 Å². The van der Waals surface area contributed by atoms with Gasteiger partial charge in [-0.25, -0.2) is 4.79 Å². The maximum Gasteiger partial charge on any atom is 0.341 e. The molecule has 5 nitrogen and oxygen atoms in total. The molecule has 0 amide bonds. The lowest BCUT2D eigenvalue weighted by Gasteiger charge is -2.17. The maximum atomic E-state index is 10.9. The Morgan fingerprint density at radius 3 is 2.33 bits per heavy atom. The summed E-state index contributed by atoms with van der Waals surface area (Å²) in [5.74, 6) is -0.928. The second kappa shape index (κ2) is 6.37. The van der Waals surface area contributed by atoms with Crippen LogP contribution in [0.25, 0.3) is 0 Å². The number of para-hydroxylation sites is 1. The zero-order valence-electron chi connectivity index (χ0n) is 11.1. The lowest BCUT2D eigenvalue weighted by atomic mass is 10.2. The minimum absolute atomic E-state index is 0.107. The Kier molecular flexibility index (Phi) is 4.55. The summed E-state index contributed by atoms with van der Waals surface area (Å²) >= 11 is 5.81. The van der Waals surface area contributed by atoms with Crippen molar-refractivity contribution in [2.45, 2.75) is 13.2 Å². The van der Waals surface area contributed by atoms with E-state index >= 15 is 0 Å². The van der Waals surface area contributed by atoms with Crippen LogP contribution in [0.4, 0.5) is 0 Å². The van der Waals surface area contributed by atoms with Crippen LogP contribution in [0.3, 0.4) is 0 Å². The molecule has 0 bridgehead atoms. The van der Waals surface area contributed by atoms with Crippen LogP contribution in [-0.2, 0) is 0 Å². The fourth-order valence-corrected chi connectivity index (χ4v) is 2.04. The molecule has 2 N–H and O–H groups in total. The number of rotatable bonds is 5. The highest BCUT2D eigenvalue weighted by atomic mass is 35.5. The number of aromatic carboxylic acids is 1. The third-order valence-electron chi connectivity index (χ3n) is 2.60. The molecule has 2 aromatic carbocycles. The standard InChI is InChI=1S/C15H13ClO5/c1-9(20-10-5-3-2-4-6-10)21-11-7-12(16)14(15(18)19)13(17)8-11/h2-9,17H,1H3,(H,18,19). The maximum absolute atomic E-state index is 10.9. The Morgan fingerprint density at radius 1 is 1.14 bits per heavy atom. The van der Waals surface area contributed by atoms with Crippen LogP contribution >= 0.6 is 11.6 Å². The topological polar surface area (TPSA) is 76.0 Å². The van der Waals surface area contributed by atoms with Gasteiger partial charge in [-0.15, -0.1) is 0 Å². The average molecular weight is 309 g/mol. The van der Waals surface area contributed by atoms with Crippen molar-refractivity contribution in [3.05, 3.63) is 53.1 Å². The van der Waals surface area contributed by atoms with Gasteiger partial charge in [0, 0.05) is 19.1 Å². The van der Waals surface area contributed by atoms with Crippen LogP contribution in [0.2, 0.25) is 5.02 Å². The smallest absolute Gasteiger partial charge is 0.341 e. The van der Waals surface area contributed by atoms with E-state index in [-0.39, 0.29) is 16.3 Å². The molecule has 21 heavy (non-hydrogen) atoms. The van der Waals surface area contributed by atoms with Gasteiger partial charge in [0.2, 0.25) is 6.29 Å². The third-order valence-corrected chi connectivity index (χ3v) is 2.90. The van der Waals surface area contributed by atoms with Gasteiger partial charge in [0.1, 0.15) is 22.8 Å². The van der Waals surface area contributed by atoms with E-state index in [1.807, 2.05) is 18.2 Å². The molecule has 0 aliphatic carbocycles. The fraction of sp³-hybridized carbons (Fsp3) is 0.133. The number of aromatic hydroxyl groups is 1. The first kappa shape index (κ1) is 15.0. The molecule has 6 heteroatoms. The number of ether oxygens (including phenoxy) is 2. The number of hydrogen-bond acceptors (Lipinski definition) is 4. The van der Waals surface area contributed by atoms with Crippen molar-refractivity contribution < 1.29 is 24.5 Å². The number of phenols is 1. The Hall–Kier alpha value is -2.40. The van der Waals surface area contributed by atoms with Crippen molar-refractivity contribution in [3.63, 3.8) is 0 Å². The molecule has 110 valence electrons. The summed E-state index contributed by atoms with van der Waals surface area (Å²) in [6, 6.07) is 11.6. The molecular formula is C15H13ClO5. The van der Waals surface area contributed by atoms with E-state index in [0.717, 1.165) is 0 Å². The predicted molar refractivity (Wildman–Crippen MR) is 77.2 cm³/mol. The van der Waals surface area contributed by atoms with Crippen LogP contribution in [0.1, 0.15) is 17.3 Å². The summed E-state index contributed by atoms with van der Waals surface area (Å²) in [7, 11) is 0. The van der Waals surface area contributed by atoms with E-state index in [0.29, 0.717) is 5.75 Å². The molecule has 1 unspecified atom stereocenters. The summed E-state index contributed by atoms with van der Waals surface area (Å²) in [4.78, 5) is 10.9. The number of benzene rings is 2. The van der Waals surface area contributed by atoms with E-state index in [1.54, 1.807) is 19.1 Å². The lowest BCUT2D eigenvalue weighted by molar-refractivity contribution is 0.0222. The average Bonchev–Trinajstić information content (AvgIpc) is 2.38. The number of carbonyl (C=O) groups is 1. The summed E-state index contributed by atoms with van der Waals surface area (Å²) in [6.07, 6.45) is -0.640. The largest absolute Gasteiger partial charge is 0.507 e. The van der Waals surface area contributed by atoms with Crippen molar-refractivity contribution in [2.75, 3.05) is 0 Å². The molecule has 0 aliphatic rings. The number of carboxylic acids is 1. The summed E-state index contributed by atoms with van der Waals surface area (Å²) < 4.78 is 11.0. The quantitative estimate of drug-likeness (QED) is 0.826. The minimum Gasteiger partial charge on any atom is -0.507 e. The van der Waals surface area contributed by atoms with Gasteiger partial charge in [-0.3, -0.25) is 0 Å². The third kappa shape index (κ3) is 3.79. The first-order valence-corrected chi connectivity index (χ1v) is 6.49. The van der Waals surface area contributed by atoms with Gasteiger partial charge in [-0.2, -0.15) is 0 Å². The molecular weight excluding hydrogens is 296 g/mol. The molecule has 0 heterocycles. The number of carboxylic acid groups (broad SMARTS) is 1. The van der Waals surface area contributed by atoms with Crippen molar-refractivity contribution in [3.8, 4) is 17.2 Å². The number of halogens is 1. The van der Waals surface area contributed by atoms with Gasteiger partial charge in [0.25, 0.3) is 0 Å². The monoisotopic (exact) mass is 308 g/mol. The molecule has 0 saturated heterocycles. The molecule has 0 saturated carbocycles. The second-order valence-corrected chi connectivity index (χ2v) is 4.63. The Morgan fingerprint density at radius 2 is 1.76 bits per heavy atom.